The van der Waals surface area contributed by atoms with Crippen LogP contribution in [0, 0.1) is 10.1 Å². The van der Waals surface area contributed by atoms with Crippen LogP contribution in [0.15, 0.2) is 36.7 Å². The van der Waals surface area contributed by atoms with Crippen LogP contribution in [0.5, 0.6) is 5.75 Å². The summed E-state index contributed by atoms with van der Waals surface area (Å²) in [6.45, 7) is 8.09. The molecule has 1 aromatic carbocycles. The number of ether oxygens (including phenoxy) is 2. The fourth-order valence-corrected chi connectivity index (χ4v) is 3.96. The number of rotatable bonds is 5. The first-order valence-corrected chi connectivity index (χ1v) is 11.0. The molecule has 1 aliphatic rings. The molecule has 1 amide bonds. The molecular formula is C23H28N6O5. The molecule has 0 aliphatic carbocycles. The number of hydrogen-bond donors (Lipinski definition) is 0. The van der Waals surface area contributed by atoms with Gasteiger partial charge >= 0.3 is 11.8 Å². The quantitative estimate of drug-likeness (QED) is 0.402. The Hall–Kier alpha value is -3.89. The minimum atomic E-state index is -0.687. The molecule has 0 N–H and O–H groups in total. The van der Waals surface area contributed by atoms with Gasteiger partial charge in [0, 0.05) is 6.54 Å². The summed E-state index contributed by atoms with van der Waals surface area (Å²) in [5, 5.41) is 20.7. The van der Waals surface area contributed by atoms with Gasteiger partial charge in [-0.15, -0.1) is 0 Å². The Balaban J connectivity index is 1.81. The molecule has 34 heavy (non-hydrogen) atoms. The number of methoxy groups -OCH3 is 1. The topological polar surface area (TPSA) is 118 Å². The summed E-state index contributed by atoms with van der Waals surface area (Å²) in [5.74, 6) is 1.18. The third kappa shape index (κ3) is 4.45. The van der Waals surface area contributed by atoms with Crippen LogP contribution in [-0.4, -0.2) is 49.8 Å². The number of anilines is 1. The number of amides is 1. The van der Waals surface area contributed by atoms with Crippen LogP contribution < -0.4 is 9.64 Å². The second kappa shape index (κ2) is 8.81. The van der Waals surface area contributed by atoms with Crippen molar-refractivity contribution in [2.75, 3.05) is 18.6 Å². The number of hydrogen-bond acceptors (Lipinski definition) is 7. The Labute approximate surface area is 197 Å². The standard InChI is InChI=1S/C23H28N6O5/c1-15-10-11-26(22(30)34-23(2,3)4)21-18(12-25-28(15)21)20-19(29(31)32)13-24-27(20)14-16-6-8-17(33-5)9-7-16/h6-9,12-13,15H,10-11,14H2,1-5H3. The largest absolute Gasteiger partial charge is 0.497 e. The third-order valence-corrected chi connectivity index (χ3v) is 5.59. The minimum Gasteiger partial charge on any atom is -0.497 e. The summed E-state index contributed by atoms with van der Waals surface area (Å²) in [7, 11) is 1.59. The molecule has 0 spiro atoms. The summed E-state index contributed by atoms with van der Waals surface area (Å²) in [6.07, 6.45) is 2.95. The van der Waals surface area contributed by atoms with Crippen molar-refractivity contribution in [3.63, 3.8) is 0 Å². The molecule has 11 nitrogen and oxygen atoms in total. The predicted octanol–water partition coefficient (Wildman–Crippen LogP) is 4.42. The van der Waals surface area contributed by atoms with E-state index in [1.807, 2.05) is 31.2 Å². The zero-order valence-electron chi connectivity index (χ0n) is 19.9. The van der Waals surface area contributed by atoms with Gasteiger partial charge in [0.2, 0.25) is 0 Å². The maximum absolute atomic E-state index is 13.1. The van der Waals surface area contributed by atoms with E-state index in [0.717, 1.165) is 5.56 Å². The van der Waals surface area contributed by atoms with Crippen molar-refractivity contribution in [2.24, 2.45) is 0 Å². The molecule has 4 rings (SSSR count). The number of nitro groups is 1. The lowest BCUT2D eigenvalue weighted by molar-refractivity contribution is -0.384. The molecule has 0 saturated heterocycles. The summed E-state index contributed by atoms with van der Waals surface area (Å²) in [5.41, 5.74) is 0.776. The second-order valence-electron chi connectivity index (χ2n) is 9.24. The number of benzene rings is 1. The minimum absolute atomic E-state index is 0.0134. The SMILES string of the molecule is COc1ccc(Cn2ncc([N+](=O)[O-])c2-c2cnn3c2N(C(=O)OC(C)(C)C)CCC3C)cc1. The first kappa shape index (κ1) is 23.3. The van der Waals surface area contributed by atoms with Gasteiger partial charge in [0.05, 0.1) is 36.4 Å². The van der Waals surface area contributed by atoms with Crippen molar-refractivity contribution in [2.45, 2.75) is 52.3 Å². The number of aromatic nitrogens is 4. The third-order valence-electron chi connectivity index (χ3n) is 5.59. The summed E-state index contributed by atoms with van der Waals surface area (Å²) in [6, 6.07) is 7.40. The van der Waals surface area contributed by atoms with E-state index in [1.165, 1.54) is 11.1 Å². The van der Waals surface area contributed by atoms with Gasteiger partial charge in [-0.25, -0.2) is 9.48 Å². The lowest BCUT2D eigenvalue weighted by atomic mass is 10.1. The molecule has 180 valence electrons. The molecule has 2 aromatic heterocycles. The Bertz CT molecular complexity index is 1210. The van der Waals surface area contributed by atoms with Crippen molar-refractivity contribution in [1.29, 1.82) is 0 Å². The van der Waals surface area contributed by atoms with Gasteiger partial charge in [0.15, 0.2) is 5.69 Å². The zero-order chi connectivity index (χ0) is 24.6. The number of carbonyl (C=O) groups excluding carboxylic acids is 1. The number of nitrogens with zero attached hydrogens (tertiary/aromatic N) is 6. The van der Waals surface area contributed by atoms with Crippen LogP contribution in [0.2, 0.25) is 0 Å². The van der Waals surface area contributed by atoms with Gasteiger partial charge in [-0.05, 0) is 51.8 Å². The number of carbonyl (C=O) groups is 1. The van der Waals surface area contributed by atoms with E-state index in [2.05, 4.69) is 10.2 Å². The van der Waals surface area contributed by atoms with E-state index in [9.17, 15) is 14.9 Å². The van der Waals surface area contributed by atoms with Crippen molar-refractivity contribution in [1.82, 2.24) is 19.6 Å². The Morgan fingerprint density at radius 2 is 1.91 bits per heavy atom. The van der Waals surface area contributed by atoms with E-state index in [1.54, 1.807) is 43.4 Å². The molecule has 3 aromatic rings. The normalized spacial score (nSPS) is 15.7. The molecule has 0 saturated carbocycles. The highest BCUT2D eigenvalue weighted by Gasteiger charge is 2.36. The molecule has 1 atom stereocenters. The van der Waals surface area contributed by atoms with Crippen LogP contribution in [0.3, 0.4) is 0 Å². The smallest absolute Gasteiger partial charge is 0.416 e. The van der Waals surface area contributed by atoms with Gasteiger partial charge in [-0.1, -0.05) is 12.1 Å². The van der Waals surface area contributed by atoms with E-state index in [-0.39, 0.29) is 17.4 Å². The Kier molecular flexibility index (Phi) is 6.03. The molecular weight excluding hydrogens is 440 g/mol. The van der Waals surface area contributed by atoms with Gasteiger partial charge in [-0.2, -0.15) is 10.2 Å². The second-order valence-corrected chi connectivity index (χ2v) is 9.24. The highest BCUT2D eigenvalue weighted by Crippen LogP contribution is 2.41. The molecule has 0 bridgehead atoms. The van der Waals surface area contributed by atoms with Crippen LogP contribution in [-0.2, 0) is 11.3 Å². The zero-order valence-corrected chi connectivity index (χ0v) is 19.9. The van der Waals surface area contributed by atoms with Crippen molar-refractivity contribution < 1.29 is 19.2 Å². The van der Waals surface area contributed by atoms with E-state index in [0.29, 0.717) is 36.6 Å². The molecule has 3 heterocycles. The maximum atomic E-state index is 13.1. The molecule has 0 fully saturated rings. The highest BCUT2D eigenvalue weighted by molar-refractivity contribution is 5.93. The van der Waals surface area contributed by atoms with Crippen LogP contribution >= 0.6 is 0 Å². The molecule has 0 radical (unpaired) electrons. The fraction of sp³-hybridized carbons (Fsp3) is 0.435. The summed E-state index contributed by atoms with van der Waals surface area (Å²) >= 11 is 0. The molecule has 11 heteroatoms. The van der Waals surface area contributed by atoms with Crippen molar-refractivity contribution in [3.05, 3.63) is 52.3 Å². The average molecular weight is 469 g/mol. The summed E-state index contributed by atoms with van der Waals surface area (Å²) in [4.78, 5) is 26.0. The first-order chi connectivity index (χ1) is 16.1. The van der Waals surface area contributed by atoms with Crippen molar-refractivity contribution >= 4 is 17.6 Å². The van der Waals surface area contributed by atoms with Crippen molar-refractivity contribution in [3.8, 4) is 17.0 Å². The maximum Gasteiger partial charge on any atom is 0.416 e. The van der Waals surface area contributed by atoms with Crippen LogP contribution in [0.1, 0.15) is 45.7 Å². The Morgan fingerprint density at radius 3 is 2.53 bits per heavy atom. The van der Waals surface area contributed by atoms with Gasteiger partial charge in [0.25, 0.3) is 0 Å². The van der Waals surface area contributed by atoms with Crippen LogP contribution in [0.25, 0.3) is 11.3 Å². The lowest BCUT2D eigenvalue weighted by Crippen LogP contribution is -2.42. The monoisotopic (exact) mass is 468 g/mol. The molecule has 1 aliphatic heterocycles. The number of fused-ring (bicyclic) bond motifs is 1. The lowest BCUT2D eigenvalue weighted by Gasteiger charge is -2.33. The van der Waals surface area contributed by atoms with Gasteiger partial charge < -0.3 is 9.47 Å². The van der Waals surface area contributed by atoms with Gasteiger partial charge in [0.1, 0.15) is 23.4 Å². The van der Waals surface area contributed by atoms with E-state index >= 15 is 0 Å². The van der Waals surface area contributed by atoms with E-state index in [4.69, 9.17) is 9.47 Å². The average Bonchev–Trinajstić information content (AvgIpc) is 3.38. The Morgan fingerprint density at radius 1 is 1.21 bits per heavy atom. The summed E-state index contributed by atoms with van der Waals surface area (Å²) < 4.78 is 14.1. The van der Waals surface area contributed by atoms with Gasteiger partial charge in [-0.3, -0.25) is 19.7 Å². The highest BCUT2D eigenvalue weighted by atomic mass is 16.6. The van der Waals surface area contributed by atoms with E-state index < -0.39 is 16.6 Å². The van der Waals surface area contributed by atoms with Crippen LogP contribution in [0.4, 0.5) is 16.3 Å². The first-order valence-electron chi connectivity index (χ1n) is 11.0. The predicted molar refractivity (Wildman–Crippen MR) is 125 cm³/mol. The fourth-order valence-electron chi connectivity index (χ4n) is 3.96. The molecule has 1 unspecified atom stereocenters.